The molecule has 0 bridgehead atoms. The number of benzene rings is 2. The third kappa shape index (κ3) is 6.08. The van der Waals surface area contributed by atoms with Gasteiger partial charge in [-0.2, -0.15) is 5.10 Å². The lowest BCUT2D eigenvalue weighted by molar-refractivity contribution is -0.134. The van der Waals surface area contributed by atoms with Gasteiger partial charge in [0.1, 0.15) is 23.4 Å². The molecule has 1 atom stereocenters. The van der Waals surface area contributed by atoms with Crippen LogP contribution in [0.1, 0.15) is 45.9 Å². The van der Waals surface area contributed by atoms with Crippen LogP contribution in [0.4, 0.5) is 0 Å². The van der Waals surface area contributed by atoms with Crippen LogP contribution >= 0.6 is 11.3 Å². The second kappa shape index (κ2) is 11.6. The molecule has 2 N–H and O–H groups in total. The third-order valence-corrected chi connectivity index (χ3v) is 7.34. The molecule has 1 saturated heterocycles. The van der Waals surface area contributed by atoms with Crippen molar-refractivity contribution in [2.24, 2.45) is 0 Å². The molecule has 4 aromatic rings. The maximum absolute atomic E-state index is 13.2. The van der Waals surface area contributed by atoms with Crippen LogP contribution in [0.25, 0.3) is 10.9 Å². The fourth-order valence-corrected chi connectivity index (χ4v) is 5.32. The lowest BCUT2D eigenvalue weighted by Crippen LogP contribution is -2.51. The van der Waals surface area contributed by atoms with E-state index in [0.717, 1.165) is 52.8 Å². The summed E-state index contributed by atoms with van der Waals surface area (Å²) in [5.41, 5.74) is 3.29. The highest BCUT2D eigenvalue weighted by Gasteiger charge is 2.28. The van der Waals surface area contributed by atoms with Gasteiger partial charge in [-0.05, 0) is 62.6 Å². The highest BCUT2D eigenvalue weighted by Crippen LogP contribution is 2.21. The van der Waals surface area contributed by atoms with Crippen molar-refractivity contribution < 1.29 is 14.3 Å². The molecule has 196 valence electrons. The second-order valence-corrected chi connectivity index (χ2v) is 10.4. The summed E-state index contributed by atoms with van der Waals surface area (Å²) in [6.07, 6.45) is 3.13. The van der Waals surface area contributed by atoms with Gasteiger partial charge in [0.05, 0.1) is 5.52 Å². The largest absolute Gasteiger partial charge is 0.489 e. The zero-order valence-electron chi connectivity index (χ0n) is 21.1. The number of aromatic nitrogens is 3. The predicted octanol–water partition coefficient (Wildman–Crippen LogP) is 3.62. The van der Waals surface area contributed by atoms with Gasteiger partial charge in [0.2, 0.25) is 5.91 Å². The summed E-state index contributed by atoms with van der Waals surface area (Å²) in [6, 6.07) is 16.0. The first kappa shape index (κ1) is 25.6. The maximum Gasteiger partial charge on any atom is 0.322 e. The molecule has 38 heavy (non-hydrogen) atoms. The molecular formula is C28H29N5O4S. The zero-order chi connectivity index (χ0) is 26.5. The third-order valence-electron chi connectivity index (χ3n) is 6.57. The second-order valence-electron chi connectivity index (χ2n) is 9.38. The number of H-pyrrole nitrogens is 1. The number of nitrogens with zero attached hydrogens (tertiary/aromatic N) is 3. The van der Waals surface area contributed by atoms with Crippen LogP contribution in [-0.2, 0) is 17.8 Å². The Kier molecular flexibility index (Phi) is 7.78. The van der Waals surface area contributed by atoms with Gasteiger partial charge in [-0.15, -0.1) is 0 Å². The Morgan fingerprint density at radius 2 is 1.87 bits per heavy atom. The van der Waals surface area contributed by atoms with Crippen LogP contribution in [0.15, 0.2) is 59.4 Å². The van der Waals surface area contributed by atoms with E-state index in [9.17, 15) is 14.4 Å². The van der Waals surface area contributed by atoms with Crippen LogP contribution in [-0.4, -0.2) is 51.0 Å². The van der Waals surface area contributed by atoms with Gasteiger partial charge in [0, 0.05) is 41.7 Å². The lowest BCUT2D eigenvalue weighted by atomic mass is 10.1. The van der Waals surface area contributed by atoms with Crippen molar-refractivity contribution in [3.63, 3.8) is 0 Å². The summed E-state index contributed by atoms with van der Waals surface area (Å²) < 4.78 is 6.01. The number of hydrogen-bond donors (Lipinski definition) is 2. The number of ether oxygens (including phenoxy) is 1. The van der Waals surface area contributed by atoms with Crippen molar-refractivity contribution in [1.29, 1.82) is 0 Å². The summed E-state index contributed by atoms with van der Waals surface area (Å²) >= 11 is 0.945. The Hall–Kier alpha value is -4.05. The van der Waals surface area contributed by atoms with Gasteiger partial charge >= 0.3 is 4.87 Å². The summed E-state index contributed by atoms with van der Waals surface area (Å²) in [4.78, 5) is 43.9. The number of pyridine rings is 1. The summed E-state index contributed by atoms with van der Waals surface area (Å²) in [6.45, 7) is 3.66. The van der Waals surface area contributed by atoms with Crippen molar-refractivity contribution >= 4 is 34.1 Å². The van der Waals surface area contributed by atoms with Crippen LogP contribution in [0.2, 0.25) is 0 Å². The average molecular weight is 532 g/mol. The highest BCUT2D eigenvalue weighted by atomic mass is 32.1. The van der Waals surface area contributed by atoms with E-state index >= 15 is 0 Å². The number of carbonyl (C=O) groups is 2. The number of para-hydroxylation sites is 1. The maximum atomic E-state index is 13.2. The topological polar surface area (TPSA) is 117 Å². The minimum Gasteiger partial charge on any atom is -0.489 e. The molecule has 1 aliphatic heterocycles. The Morgan fingerprint density at radius 3 is 2.61 bits per heavy atom. The van der Waals surface area contributed by atoms with Gasteiger partial charge in [-0.1, -0.05) is 29.5 Å². The lowest BCUT2D eigenvalue weighted by Gasteiger charge is -2.30. The average Bonchev–Trinajstić information content (AvgIpc) is 3.35. The van der Waals surface area contributed by atoms with E-state index in [0.29, 0.717) is 36.0 Å². The summed E-state index contributed by atoms with van der Waals surface area (Å²) in [7, 11) is 0. The Labute approximate surface area is 223 Å². The van der Waals surface area contributed by atoms with Gasteiger partial charge < -0.3 is 15.0 Å². The number of hydrogen-bond acceptors (Lipinski definition) is 7. The molecule has 2 aromatic carbocycles. The number of nitrogens with one attached hydrogen (secondary N) is 2. The summed E-state index contributed by atoms with van der Waals surface area (Å²) in [5, 5.41) is 10.7. The van der Waals surface area contributed by atoms with Crippen LogP contribution in [0.3, 0.4) is 0 Å². The number of aryl methyl sites for hydroxylation is 1. The van der Waals surface area contributed by atoms with Gasteiger partial charge in [-0.25, -0.2) is 5.10 Å². The summed E-state index contributed by atoms with van der Waals surface area (Å²) in [5.74, 6) is 0.105. The van der Waals surface area contributed by atoms with Crippen molar-refractivity contribution in [1.82, 2.24) is 25.4 Å². The van der Waals surface area contributed by atoms with Crippen LogP contribution in [0, 0.1) is 6.92 Å². The normalized spacial score (nSPS) is 14.3. The minimum absolute atomic E-state index is 0.152. The molecule has 3 heterocycles. The fraction of sp³-hybridized carbons (Fsp3) is 0.321. The molecule has 1 aliphatic rings. The first-order valence-corrected chi connectivity index (χ1v) is 13.5. The Bertz CT molecular complexity index is 1490. The number of carbonyl (C=O) groups excluding carboxylic acids is 2. The van der Waals surface area contributed by atoms with E-state index in [2.05, 4.69) is 20.5 Å². The smallest absolute Gasteiger partial charge is 0.322 e. The molecule has 0 saturated carbocycles. The molecule has 5 rings (SSSR count). The molecule has 1 unspecified atom stereocenters. The first-order chi connectivity index (χ1) is 18.5. The van der Waals surface area contributed by atoms with E-state index in [1.165, 1.54) is 0 Å². The van der Waals surface area contributed by atoms with Crippen molar-refractivity contribution in [3.05, 3.63) is 86.1 Å². The zero-order valence-corrected chi connectivity index (χ0v) is 21.9. The molecule has 0 aliphatic carbocycles. The van der Waals surface area contributed by atoms with Crippen LogP contribution in [0.5, 0.6) is 5.75 Å². The fourth-order valence-electron chi connectivity index (χ4n) is 4.68. The SMILES string of the molecule is Cc1cc(COc2ccc(C(=O)NC(Cc3n[nH]c(=O)s3)C(=O)N3CCCCC3)cc2)c2ccccc2n1. The van der Waals surface area contributed by atoms with Crippen molar-refractivity contribution in [3.8, 4) is 5.75 Å². The highest BCUT2D eigenvalue weighted by molar-refractivity contribution is 7.08. The first-order valence-electron chi connectivity index (χ1n) is 12.7. The van der Waals surface area contributed by atoms with Crippen molar-refractivity contribution in [2.45, 2.75) is 45.3 Å². The standard InChI is InChI=1S/C28H29N5O4S/c1-18-15-20(22-7-3-4-8-23(22)29-18)17-37-21-11-9-19(10-12-21)26(34)30-24(16-25-31-32-28(36)38-25)27(35)33-13-5-2-6-14-33/h3-4,7-12,15,24H,2,5-6,13-14,16-17H2,1H3,(H,30,34)(H,32,36). The Morgan fingerprint density at radius 1 is 1.11 bits per heavy atom. The monoisotopic (exact) mass is 531 g/mol. The Balaban J connectivity index is 1.26. The van der Waals surface area contributed by atoms with E-state index in [1.807, 2.05) is 37.3 Å². The molecule has 10 heteroatoms. The van der Waals surface area contributed by atoms with E-state index in [1.54, 1.807) is 29.2 Å². The molecule has 0 radical (unpaired) electrons. The van der Waals surface area contributed by atoms with Gasteiger partial charge in [0.25, 0.3) is 5.91 Å². The minimum atomic E-state index is -0.807. The quantitative estimate of drug-likeness (QED) is 0.359. The predicted molar refractivity (Wildman–Crippen MR) is 145 cm³/mol. The molecule has 9 nitrogen and oxygen atoms in total. The van der Waals surface area contributed by atoms with Gasteiger partial charge in [-0.3, -0.25) is 19.4 Å². The number of piperidine rings is 1. The molecular weight excluding hydrogens is 502 g/mol. The van der Waals surface area contributed by atoms with E-state index < -0.39 is 6.04 Å². The van der Waals surface area contributed by atoms with E-state index in [-0.39, 0.29) is 23.1 Å². The molecule has 1 fully saturated rings. The number of amides is 2. The van der Waals surface area contributed by atoms with Gasteiger partial charge in [0.15, 0.2) is 0 Å². The number of aromatic amines is 1. The van der Waals surface area contributed by atoms with Crippen LogP contribution < -0.4 is 14.9 Å². The number of fused-ring (bicyclic) bond motifs is 1. The molecule has 2 aromatic heterocycles. The molecule has 2 amide bonds. The molecule has 0 spiro atoms. The van der Waals surface area contributed by atoms with E-state index in [4.69, 9.17) is 4.74 Å². The number of likely N-dealkylation sites (tertiary alicyclic amines) is 1. The van der Waals surface area contributed by atoms with Crippen molar-refractivity contribution in [2.75, 3.05) is 13.1 Å². The number of rotatable bonds is 8.